The fraction of sp³-hybridized carbons (Fsp3) is 0.286. The molecule has 0 N–H and O–H groups in total. The summed E-state index contributed by atoms with van der Waals surface area (Å²) in [5, 5.41) is 0. The number of halogens is 2. The van der Waals surface area contributed by atoms with E-state index in [4.69, 9.17) is 0 Å². The molecule has 3 aromatic rings. The van der Waals surface area contributed by atoms with Gasteiger partial charge in [0.2, 0.25) is 0 Å². The minimum atomic E-state index is -0.0764. The fourth-order valence-electron chi connectivity index (χ4n) is 4.84. The second kappa shape index (κ2) is 12.5. The Morgan fingerprint density at radius 3 is 1.50 bits per heavy atom. The average Bonchev–Trinajstić information content (AvgIpc) is 3.10. The fourth-order valence-corrected chi connectivity index (χ4v) is 8.25. The van der Waals surface area contributed by atoms with Gasteiger partial charge in [0, 0.05) is 0 Å². The first kappa shape index (κ1) is 28.8. The number of benzene rings is 3. The number of hydrogen-bond donors (Lipinski definition) is 0. The number of thioether (sulfide) groups is 1. The number of anilines is 2. The first-order valence-corrected chi connectivity index (χ1v) is 13.8. The summed E-state index contributed by atoms with van der Waals surface area (Å²) in [6.07, 6.45) is 0. The number of rotatable bonds is 4. The SMILES string of the molecule is Cc1cc(C)c(N2CCN(c3c(C)cc(C)cc3C)[C]2=[Ru]=[CH]Sc2ccccc2)c(C)c1.Cl.Cl. The molecule has 6 heteroatoms. The van der Waals surface area contributed by atoms with Crippen LogP contribution < -0.4 is 9.80 Å². The maximum atomic E-state index is 2.60. The van der Waals surface area contributed by atoms with Crippen LogP contribution in [0.15, 0.2) is 59.5 Å². The van der Waals surface area contributed by atoms with E-state index < -0.39 is 0 Å². The molecule has 0 amide bonds. The number of aryl methyl sites for hydroxylation is 6. The van der Waals surface area contributed by atoms with Crippen LogP contribution in [-0.2, 0) is 16.2 Å². The van der Waals surface area contributed by atoms with Crippen LogP contribution in [0.4, 0.5) is 11.4 Å². The van der Waals surface area contributed by atoms with Crippen molar-refractivity contribution in [2.24, 2.45) is 0 Å². The topological polar surface area (TPSA) is 6.48 Å². The van der Waals surface area contributed by atoms with Crippen molar-refractivity contribution in [2.75, 3.05) is 22.9 Å². The summed E-state index contributed by atoms with van der Waals surface area (Å²) >= 11 is 1.79. The molecule has 1 heterocycles. The second-order valence-electron chi connectivity index (χ2n) is 8.67. The van der Waals surface area contributed by atoms with E-state index >= 15 is 0 Å². The molecule has 184 valence electrons. The molecule has 1 aliphatic rings. The van der Waals surface area contributed by atoms with E-state index in [1.165, 1.54) is 54.0 Å². The van der Waals surface area contributed by atoms with Crippen LogP contribution in [-0.4, -0.2) is 21.4 Å². The minimum Gasteiger partial charge on any atom is -0.147 e. The van der Waals surface area contributed by atoms with Gasteiger partial charge in [0.25, 0.3) is 0 Å². The van der Waals surface area contributed by atoms with Crippen molar-refractivity contribution >= 4 is 56.2 Å². The molecular formula is C28H34Cl2N2RuS. The molecule has 2 nitrogen and oxygen atoms in total. The van der Waals surface area contributed by atoms with Crippen molar-refractivity contribution in [1.29, 1.82) is 0 Å². The van der Waals surface area contributed by atoms with Crippen LogP contribution in [0.25, 0.3) is 0 Å². The maximum Gasteiger partial charge on any atom is -0.147 e. The van der Waals surface area contributed by atoms with Crippen LogP contribution in [0.1, 0.15) is 33.4 Å². The Balaban J connectivity index is 0.00000204. The first-order valence-electron chi connectivity index (χ1n) is 11.1. The standard InChI is InChI=1S/C21H26N2.C7H6S.2ClH.Ru/c1-14-9-16(3)20(17(4)10-14)22-7-8-23(13-22)21-18(5)11-15(2)12-19(21)6;1-8-7-5-3-2-4-6-7;;;/h9-12H,7-8H2,1-6H3;1-6H;2*1H;. The van der Waals surface area contributed by atoms with Crippen molar-refractivity contribution < 1.29 is 16.2 Å². The van der Waals surface area contributed by atoms with Gasteiger partial charge < -0.3 is 0 Å². The molecule has 0 aromatic heterocycles. The maximum absolute atomic E-state index is 2.60. The summed E-state index contributed by atoms with van der Waals surface area (Å²) in [6, 6.07) is 20.0. The molecule has 0 saturated carbocycles. The molecule has 0 spiro atoms. The summed E-state index contributed by atoms with van der Waals surface area (Å²) in [4.78, 5) is 6.51. The van der Waals surface area contributed by atoms with Crippen LogP contribution in [0, 0.1) is 41.5 Å². The van der Waals surface area contributed by atoms with Crippen molar-refractivity contribution in [3.63, 3.8) is 0 Å². The van der Waals surface area contributed by atoms with Crippen molar-refractivity contribution in [3.05, 3.63) is 88.0 Å². The Labute approximate surface area is 228 Å². The van der Waals surface area contributed by atoms with Crippen LogP contribution >= 0.6 is 36.6 Å². The van der Waals surface area contributed by atoms with E-state index in [0.717, 1.165) is 13.1 Å². The van der Waals surface area contributed by atoms with Crippen molar-refractivity contribution in [3.8, 4) is 0 Å². The Morgan fingerprint density at radius 1 is 0.676 bits per heavy atom. The van der Waals surface area contributed by atoms with Gasteiger partial charge in [-0.15, -0.1) is 24.8 Å². The van der Waals surface area contributed by atoms with Crippen LogP contribution in [0.2, 0.25) is 0 Å². The van der Waals surface area contributed by atoms with Gasteiger partial charge in [-0.05, 0) is 0 Å². The minimum absolute atomic E-state index is 0. The molecule has 0 atom stereocenters. The summed E-state index contributed by atoms with van der Waals surface area (Å²) in [5.74, 6) is 0. The molecule has 0 unspecified atom stereocenters. The Hall–Kier alpha value is -1.45. The van der Waals surface area contributed by atoms with E-state index in [1.807, 2.05) is 11.8 Å². The van der Waals surface area contributed by atoms with Gasteiger partial charge in [0.1, 0.15) is 0 Å². The quantitative estimate of drug-likeness (QED) is 0.227. The Bertz CT molecular complexity index is 1110. The first-order chi connectivity index (χ1) is 15.3. The predicted molar refractivity (Wildman–Crippen MR) is 154 cm³/mol. The third-order valence-electron chi connectivity index (χ3n) is 5.84. The van der Waals surface area contributed by atoms with Gasteiger partial charge in [-0.3, -0.25) is 0 Å². The molecule has 1 saturated heterocycles. The third kappa shape index (κ3) is 6.21. The van der Waals surface area contributed by atoms with Crippen molar-refractivity contribution in [2.45, 2.75) is 46.4 Å². The predicted octanol–water partition coefficient (Wildman–Crippen LogP) is 7.43. The molecular weight excluding hydrogens is 568 g/mol. The monoisotopic (exact) mass is 602 g/mol. The van der Waals surface area contributed by atoms with Crippen LogP contribution in [0.3, 0.4) is 0 Å². The zero-order valence-corrected chi connectivity index (χ0v) is 24.8. The molecule has 4 rings (SSSR count). The molecule has 34 heavy (non-hydrogen) atoms. The zero-order valence-electron chi connectivity index (χ0n) is 20.7. The molecule has 3 aromatic carbocycles. The van der Waals surface area contributed by atoms with E-state index in [-0.39, 0.29) is 41.0 Å². The Morgan fingerprint density at radius 2 is 1.09 bits per heavy atom. The van der Waals surface area contributed by atoms with Crippen LogP contribution in [0.5, 0.6) is 0 Å². The Kier molecular flexibility index (Phi) is 10.6. The van der Waals surface area contributed by atoms with Gasteiger partial charge in [0.15, 0.2) is 0 Å². The largest absolute Gasteiger partial charge is 0.147 e. The molecule has 0 aliphatic carbocycles. The summed E-state index contributed by atoms with van der Waals surface area (Å²) in [6.45, 7) is 15.5. The smallest absolute Gasteiger partial charge is 0.147 e. The summed E-state index contributed by atoms with van der Waals surface area (Å²) in [5.41, 5.74) is 10.9. The summed E-state index contributed by atoms with van der Waals surface area (Å²) < 4.78 is 3.91. The zero-order chi connectivity index (χ0) is 22.8. The second-order valence-corrected chi connectivity index (χ2v) is 12.1. The van der Waals surface area contributed by atoms with Gasteiger partial charge in [-0.2, -0.15) is 0 Å². The van der Waals surface area contributed by atoms with E-state index in [9.17, 15) is 0 Å². The van der Waals surface area contributed by atoms with E-state index in [0.29, 0.717) is 0 Å². The van der Waals surface area contributed by atoms with E-state index in [2.05, 4.69) is 110 Å². The van der Waals surface area contributed by atoms with Gasteiger partial charge in [-0.1, -0.05) is 0 Å². The van der Waals surface area contributed by atoms with Crippen molar-refractivity contribution in [1.82, 2.24) is 0 Å². The molecule has 0 radical (unpaired) electrons. The van der Waals surface area contributed by atoms with Gasteiger partial charge in [0.05, 0.1) is 0 Å². The third-order valence-corrected chi connectivity index (χ3v) is 9.17. The van der Waals surface area contributed by atoms with E-state index in [1.54, 1.807) is 0 Å². The number of nitrogens with zero attached hydrogens (tertiary/aromatic N) is 2. The normalized spacial score (nSPS) is 12.9. The average molecular weight is 603 g/mol. The molecule has 1 aliphatic heterocycles. The van der Waals surface area contributed by atoms with Gasteiger partial charge >= 0.3 is 205 Å². The molecule has 1 fully saturated rings. The summed E-state index contributed by atoms with van der Waals surface area (Å²) in [7, 11) is 0. The van der Waals surface area contributed by atoms with Gasteiger partial charge in [-0.25, -0.2) is 0 Å². The molecule has 0 bridgehead atoms. The number of hydrogen-bond acceptors (Lipinski definition) is 3.